The predicted octanol–water partition coefficient (Wildman–Crippen LogP) is 11.6. The summed E-state index contributed by atoms with van der Waals surface area (Å²) < 4.78 is 6.84. The molecule has 1 nitrogen and oxygen atoms in total. The third kappa shape index (κ3) is 3.39. The summed E-state index contributed by atoms with van der Waals surface area (Å²) in [6.45, 7) is 14.1. The monoisotopic (exact) mass is 526 g/mol. The lowest BCUT2D eigenvalue weighted by Gasteiger charge is -2.38. The van der Waals surface area contributed by atoms with Gasteiger partial charge >= 0.3 is 0 Å². The van der Waals surface area contributed by atoms with Gasteiger partial charge in [0.25, 0.3) is 0 Å². The zero-order chi connectivity index (χ0) is 27.8. The summed E-state index contributed by atoms with van der Waals surface area (Å²) in [6, 6.07) is 20.7. The molecule has 40 heavy (non-hydrogen) atoms. The van der Waals surface area contributed by atoms with Gasteiger partial charge < -0.3 is 4.74 Å². The van der Waals surface area contributed by atoms with Crippen LogP contribution in [0.5, 0.6) is 11.5 Å². The summed E-state index contributed by atoms with van der Waals surface area (Å²) >= 11 is 0. The second-order valence-electron chi connectivity index (χ2n) is 12.7. The third-order valence-electron chi connectivity index (χ3n) is 10.4. The molecule has 1 aliphatic heterocycles. The molecule has 1 heteroatoms. The number of fused-ring (bicyclic) bond motifs is 4. The Hall–Kier alpha value is -3.32. The molecule has 1 heterocycles. The van der Waals surface area contributed by atoms with Crippen LogP contribution in [0.25, 0.3) is 32.7 Å². The van der Waals surface area contributed by atoms with Gasteiger partial charge in [-0.1, -0.05) is 102 Å². The first-order valence-corrected chi connectivity index (χ1v) is 15.7. The second kappa shape index (κ2) is 9.37. The van der Waals surface area contributed by atoms with Crippen LogP contribution in [0.2, 0.25) is 0 Å². The van der Waals surface area contributed by atoms with Crippen molar-refractivity contribution in [3.63, 3.8) is 0 Å². The SMILES string of the molecule is CCC(CC)C1=CC2(CC(C(CC)CC)=C1)c1ccc3cccc4c3c1-c1c(cc3c(C(C)C)cccc3c12)O4. The Labute approximate surface area is 240 Å². The highest BCUT2D eigenvalue weighted by atomic mass is 16.5. The minimum atomic E-state index is -0.186. The van der Waals surface area contributed by atoms with Crippen molar-refractivity contribution in [1.29, 1.82) is 0 Å². The average molecular weight is 527 g/mol. The van der Waals surface area contributed by atoms with E-state index in [2.05, 4.69) is 108 Å². The van der Waals surface area contributed by atoms with E-state index in [0.717, 1.165) is 17.9 Å². The molecule has 0 bridgehead atoms. The van der Waals surface area contributed by atoms with Crippen molar-refractivity contribution in [3.05, 3.63) is 94.6 Å². The number of rotatable bonds is 7. The summed E-state index contributed by atoms with van der Waals surface area (Å²) in [5, 5.41) is 5.33. The van der Waals surface area contributed by atoms with Crippen molar-refractivity contribution in [2.75, 3.05) is 0 Å². The van der Waals surface area contributed by atoms with E-state index >= 15 is 0 Å². The van der Waals surface area contributed by atoms with Crippen molar-refractivity contribution in [2.45, 2.75) is 85.0 Å². The van der Waals surface area contributed by atoms with Crippen LogP contribution in [0.1, 0.15) is 96.3 Å². The van der Waals surface area contributed by atoms with Crippen LogP contribution in [0.3, 0.4) is 0 Å². The molecule has 4 aromatic carbocycles. The van der Waals surface area contributed by atoms with Crippen LogP contribution in [-0.4, -0.2) is 0 Å². The average Bonchev–Trinajstić information content (AvgIpc) is 3.24. The van der Waals surface area contributed by atoms with Gasteiger partial charge in [-0.25, -0.2) is 0 Å². The first-order chi connectivity index (χ1) is 19.4. The van der Waals surface area contributed by atoms with Crippen LogP contribution >= 0.6 is 0 Å². The first kappa shape index (κ1) is 25.6. The molecule has 0 N–H and O–H groups in total. The van der Waals surface area contributed by atoms with E-state index < -0.39 is 0 Å². The van der Waals surface area contributed by atoms with E-state index in [0.29, 0.717) is 17.8 Å². The fourth-order valence-electron chi connectivity index (χ4n) is 8.40. The fraction of sp³-hybridized carbons (Fsp3) is 0.385. The maximum Gasteiger partial charge on any atom is 0.136 e. The molecule has 2 aliphatic carbocycles. The third-order valence-corrected chi connectivity index (χ3v) is 10.4. The Kier molecular flexibility index (Phi) is 6.00. The fourth-order valence-corrected chi connectivity index (χ4v) is 8.40. The topological polar surface area (TPSA) is 9.23 Å². The minimum absolute atomic E-state index is 0.186. The number of hydrogen-bond donors (Lipinski definition) is 0. The molecule has 4 aromatic rings. The molecule has 1 spiro atoms. The van der Waals surface area contributed by atoms with Gasteiger partial charge in [-0.15, -0.1) is 0 Å². The zero-order valence-corrected chi connectivity index (χ0v) is 25.0. The van der Waals surface area contributed by atoms with Crippen LogP contribution < -0.4 is 4.74 Å². The normalized spacial score (nSPS) is 18.8. The van der Waals surface area contributed by atoms with Crippen molar-refractivity contribution in [2.24, 2.45) is 11.8 Å². The van der Waals surface area contributed by atoms with E-state index in [-0.39, 0.29) is 5.41 Å². The van der Waals surface area contributed by atoms with Crippen LogP contribution in [0, 0.1) is 11.8 Å². The Balaban J connectivity index is 1.66. The van der Waals surface area contributed by atoms with Crippen molar-refractivity contribution >= 4 is 21.5 Å². The van der Waals surface area contributed by atoms with Gasteiger partial charge in [0.05, 0.1) is 0 Å². The molecule has 0 saturated heterocycles. The number of ether oxygens (including phenoxy) is 1. The van der Waals surface area contributed by atoms with Crippen molar-refractivity contribution in [3.8, 4) is 22.6 Å². The smallest absolute Gasteiger partial charge is 0.136 e. The zero-order valence-electron chi connectivity index (χ0n) is 25.0. The van der Waals surface area contributed by atoms with E-state index in [1.807, 2.05) is 0 Å². The van der Waals surface area contributed by atoms with Gasteiger partial charge in [0.1, 0.15) is 11.5 Å². The highest BCUT2D eigenvalue weighted by Gasteiger charge is 2.49. The molecule has 0 amide bonds. The largest absolute Gasteiger partial charge is 0.456 e. The number of allylic oxidation sites excluding steroid dienone is 4. The summed E-state index contributed by atoms with van der Waals surface area (Å²) in [7, 11) is 0. The Morgan fingerprint density at radius 2 is 1.52 bits per heavy atom. The van der Waals surface area contributed by atoms with Gasteiger partial charge in [0, 0.05) is 21.9 Å². The molecule has 1 atom stereocenters. The quantitative estimate of drug-likeness (QED) is 0.205. The predicted molar refractivity (Wildman–Crippen MR) is 171 cm³/mol. The van der Waals surface area contributed by atoms with Crippen molar-refractivity contribution in [1.82, 2.24) is 0 Å². The Morgan fingerprint density at radius 3 is 2.25 bits per heavy atom. The standard InChI is InChI=1S/C39H42O/c1-7-24(8-2)27-19-28(25(9-3)10-4)22-39(21-27)32-18-17-26-13-11-16-33-35(26)36(32)37-34(40-33)20-31-29(23(5)6)14-12-15-30(31)38(37)39/h11-21,23-25H,7-10,22H2,1-6H3. The Morgan fingerprint density at radius 1 is 0.775 bits per heavy atom. The molecule has 3 aliphatic rings. The van der Waals surface area contributed by atoms with Gasteiger partial charge in [-0.3, -0.25) is 0 Å². The second-order valence-corrected chi connectivity index (χ2v) is 12.7. The summed E-state index contributed by atoms with van der Waals surface area (Å²) in [6.07, 6.45) is 11.1. The molecule has 0 saturated carbocycles. The van der Waals surface area contributed by atoms with Gasteiger partial charge in [-0.05, 0) is 100 Å². The van der Waals surface area contributed by atoms with Gasteiger partial charge in [0.2, 0.25) is 0 Å². The minimum Gasteiger partial charge on any atom is -0.456 e. The molecule has 0 radical (unpaired) electrons. The number of benzene rings is 4. The summed E-state index contributed by atoms with van der Waals surface area (Å²) in [4.78, 5) is 0. The van der Waals surface area contributed by atoms with Crippen LogP contribution in [-0.2, 0) is 5.41 Å². The molecular weight excluding hydrogens is 484 g/mol. The lowest BCUT2D eigenvalue weighted by molar-refractivity contribution is 0.484. The van der Waals surface area contributed by atoms with Gasteiger partial charge in [-0.2, -0.15) is 0 Å². The van der Waals surface area contributed by atoms with E-state index in [1.54, 1.807) is 11.1 Å². The van der Waals surface area contributed by atoms with E-state index in [9.17, 15) is 0 Å². The van der Waals surface area contributed by atoms with E-state index in [1.165, 1.54) is 75.0 Å². The highest BCUT2D eigenvalue weighted by molar-refractivity contribution is 6.13. The van der Waals surface area contributed by atoms with Crippen LogP contribution in [0.4, 0.5) is 0 Å². The molecule has 0 aromatic heterocycles. The maximum absolute atomic E-state index is 6.84. The Bertz CT molecular complexity index is 1720. The highest BCUT2D eigenvalue weighted by Crippen LogP contribution is 2.64. The maximum atomic E-state index is 6.84. The molecule has 1 unspecified atom stereocenters. The van der Waals surface area contributed by atoms with E-state index in [4.69, 9.17) is 4.74 Å². The van der Waals surface area contributed by atoms with Gasteiger partial charge in [0.15, 0.2) is 0 Å². The van der Waals surface area contributed by atoms with Crippen LogP contribution in [0.15, 0.2) is 77.9 Å². The lowest BCUT2D eigenvalue weighted by atomic mass is 9.64. The van der Waals surface area contributed by atoms with Crippen molar-refractivity contribution < 1.29 is 4.74 Å². The lowest BCUT2D eigenvalue weighted by Crippen LogP contribution is -2.29. The number of hydrogen-bond acceptors (Lipinski definition) is 1. The summed E-state index contributed by atoms with van der Waals surface area (Å²) in [5.41, 5.74) is 10.1. The first-order valence-electron chi connectivity index (χ1n) is 15.7. The molecule has 204 valence electrons. The molecule has 0 fully saturated rings. The molecular formula is C39H42O. The molecule has 7 rings (SSSR count). The summed E-state index contributed by atoms with van der Waals surface area (Å²) in [5.74, 6) is 3.67.